The first-order valence-corrected chi connectivity index (χ1v) is 7.84. The molecule has 0 aliphatic heterocycles. The first kappa shape index (κ1) is 18.5. The van der Waals surface area contributed by atoms with Crippen LogP contribution in [0.5, 0.6) is 0 Å². The average molecular weight is 361 g/mol. The topological polar surface area (TPSA) is 84.5 Å². The summed E-state index contributed by atoms with van der Waals surface area (Å²) in [6.07, 6.45) is 0. The lowest BCUT2D eigenvalue weighted by Gasteiger charge is -2.10. The number of rotatable bonds is 4. The third-order valence-electron chi connectivity index (χ3n) is 3.28. The smallest absolute Gasteiger partial charge is 0.338 e. The molecule has 7 heteroatoms. The van der Waals surface area contributed by atoms with Crippen molar-refractivity contribution < 1.29 is 19.1 Å². The van der Waals surface area contributed by atoms with E-state index < -0.39 is 24.5 Å². The van der Waals surface area contributed by atoms with Crippen LogP contribution in [0.2, 0.25) is 5.02 Å². The van der Waals surface area contributed by atoms with Crippen molar-refractivity contribution in [3.05, 3.63) is 64.2 Å². The molecule has 0 saturated heterocycles. The number of ether oxygens (including phenoxy) is 1. The molecule has 0 unspecified atom stereocenters. The van der Waals surface area contributed by atoms with E-state index in [2.05, 4.69) is 10.6 Å². The number of esters is 1. The van der Waals surface area contributed by atoms with E-state index in [1.807, 2.05) is 26.0 Å². The van der Waals surface area contributed by atoms with E-state index in [1.54, 1.807) is 18.2 Å². The van der Waals surface area contributed by atoms with Crippen LogP contribution in [0.15, 0.2) is 42.5 Å². The van der Waals surface area contributed by atoms with Gasteiger partial charge in [-0.05, 0) is 43.7 Å². The molecule has 0 aromatic heterocycles. The van der Waals surface area contributed by atoms with Gasteiger partial charge in [-0.15, -0.1) is 0 Å². The number of hydrogen-bond acceptors (Lipinski definition) is 4. The average Bonchev–Trinajstić information content (AvgIpc) is 2.55. The number of amides is 3. The van der Waals surface area contributed by atoms with Crippen molar-refractivity contribution in [1.82, 2.24) is 5.32 Å². The summed E-state index contributed by atoms with van der Waals surface area (Å²) < 4.78 is 4.85. The second kappa shape index (κ2) is 8.30. The second-order valence-electron chi connectivity index (χ2n) is 5.41. The molecule has 0 aliphatic carbocycles. The summed E-state index contributed by atoms with van der Waals surface area (Å²) in [5.74, 6) is -1.44. The number of benzene rings is 2. The van der Waals surface area contributed by atoms with Gasteiger partial charge in [-0.3, -0.25) is 10.1 Å². The minimum atomic E-state index is -0.738. The first-order valence-electron chi connectivity index (χ1n) is 7.46. The molecule has 0 saturated carbocycles. The predicted octanol–water partition coefficient (Wildman–Crippen LogP) is 3.46. The highest BCUT2D eigenvalue weighted by Crippen LogP contribution is 2.15. The summed E-state index contributed by atoms with van der Waals surface area (Å²) in [4.78, 5) is 35.3. The fourth-order valence-electron chi connectivity index (χ4n) is 2.10. The highest BCUT2D eigenvalue weighted by Gasteiger charge is 2.13. The van der Waals surface area contributed by atoms with Crippen LogP contribution in [0, 0.1) is 13.8 Å². The third kappa shape index (κ3) is 5.61. The summed E-state index contributed by atoms with van der Waals surface area (Å²) >= 11 is 5.78. The highest BCUT2D eigenvalue weighted by atomic mass is 35.5. The van der Waals surface area contributed by atoms with Crippen LogP contribution in [0.1, 0.15) is 21.5 Å². The largest absolute Gasteiger partial charge is 0.452 e. The van der Waals surface area contributed by atoms with Crippen LogP contribution in [-0.4, -0.2) is 24.5 Å². The van der Waals surface area contributed by atoms with Crippen LogP contribution in [-0.2, 0) is 9.53 Å². The number of carbonyl (C=O) groups excluding carboxylic acids is 3. The minimum absolute atomic E-state index is 0.222. The van der Waals surface area contributed by atoms with Gasteiger partial charge in [-0.25, -0.2) is 9.59 Å². The standard InChI is InChI=1S/C18H17ClN2O4/c1-11-6-7-15(12(2)8-11)20-18(24)21-16(22)10-25-17(23)13-4-3-5-14(19)9-13/h3-9H,10H2,1-2H3,(H2,20,21,22,24). The molecular formula is C18H17ClN2O4. The van der Waals surface area contributed by atoms with Gasteiger partial charge in [0.25, 0.3) is 5.91 Å². The molecule has 2 rings (SSSR count). The van der Waals surface area contributed by atoms with Gasteiger partial charge in [0.1, 0.15) is 0 Å². The lowest BCUT2D eigenvalue weighted by atomic mass is 10.1. The van der Waals surface area contributed by atoms with Gasteiger partial charge in [0.15, 0.2) is 6.61 Å². The Kier molecular flexibility index (Phi) is 6.14. The van der Waals surface area contributed by atoms with Crippen LogP contribution < -0.4 is 10.6 Å². The molecule has 0 spiro atoms. The Morgan fingerprint density at radius 1 is 1.08 bits per heavy atom. The van der Waals surface area contributed by atoms with Crippen molar-refractivity contribution in [2.75, 3.05) is 11.9 Å². The summed E-state index contributed by atoms with van der Waals surface area (Å²) in [6, 6.07) is 10.9. The van der Waals surface area contributed by atoms with Crippen molar-refractivity contribution in [2.45, 2.75) is 13.8 Å². The SMILES string of the molecule is Cc1ccc(NC(=O)NC(=O)COC(=O)c2cccc(Cl)c2)c(C)c1. The zero-order valence-electron chi connectivity index (χ0n) is 13.8. The number of carbonyl (C=O) groups is 3. The Balaban J connectivity index is 1.83. The van der Waals surface area contributed by atoms with E-state index in [4.69, 9.17) is 16.3 Å². The molecule has 130 valence electrons. The monoisotopic (exact) mass is 360 g/mol. The molecule has 6 nitrogen and oxygen atoms in total. The molecule has 3 amide bonds. The molecule has 0 fully saturated rings. The molecule has 2 N–H and O–H groups in total. The number of aryl methyl sites for hydroxylation is 2. The maximum atomic E-state index is 11.8. The Hall–Kier alpha value is -2.86. The van der Waals surface area contributed by atoms with Crippen LogP contribution in [0.25, 0.3) is 0 Å². The molecule has 0 radical (unpaired) electrons. The Morgan fingerprint density at radius 2 is 1.84 bits per heavy atom. The molecule has 0 heterocycles. The van der Waals surface area contributed by atoms with E-state index in [9.17, 15) is 14.4 Å². The fraction of sp³-hybridized carbons (Fsp3) is 0.167. The normalized spacial score (nSPS) is 10.0. The lowest BCUT2D eigenvalue weighted by molar-refractivity contribution is -0.123. The van der Waals surface area contributed by atoms with Gasteiger partial charge in [-0.2, -0.15) is 0 Å². The Bertz CT molecular complexity index is 820. The van der Waals surface area contributed by atoms with Crippen LogP contribution >= 0.6 is 11.6 Å². The molecule has 0 aliphatic rings. The van der Waals surface area contributed by atoms with E-state index in [-0.39, 0.29) is 5.56 Å². The van der Waals surface area contributed by atoms with Crippen LogP contribution in [0.3, 0.4) is 0 Å². The lowest BCUT2D eigenvalue weighted by Crippen LogP contribution is -2.37. The van der Waals surface area contributed by atoms with E-state index in [0.29, 0.717) is 10.7 Å². The molecule has 0 bridgehead atoms. The Labute approximate surface area is 150 Å². The van der Waals surface area contributed by atoms with Gasteiger partial charge in [0, 0.05) is 10.7 Å². The van der Waals surface area contributed by atoms with Crippen molar-refractivity contribution in [3.63, 3.8) is 0 Å². The maximum Gasteiger partial charge on any atom is 0.338 e. The van der Waals surface area contributed by atoms with Crippen molar-refractivity contribution in [3.8, 4) is 0 Å². The van der Waals surface area contributed by atoms with Gasteiger partial charge in [-0.1, -0.05) is 35.4 Å². The number of urea groups is 1. The summed E-state index contributed by atoms with van der Waals surface area (Å²) in [5, 5.41) is 5.04. The molecule has 2 aromatic carbocycles. The van der Waals surface area contributed by atoms with Crippen molar-refractivity contribution in [2.24, 2.45) is 0 Å². The fourth-order valence-corrected chi connectivity index (χ4v) is 2.29. The van der Waals surface area contributed by atoms with Gasteiger partial charge >= 0.3 is 12.0 Å². The van der Waals surface area contributed by atoms with E-state index in [1.165, 1.54) is 12.1 Å². The van der Waals surface area contributed by atoms with Crippen molar-refractivity contribution >= 4 is 35.2 Å². The predicted molar refractivity (Wildman–Crippen MR) is 94.8 cm³/mol. The first-order chi connectivity index (χ1) is 11.8. The maximum absolute atomic E-state index is 11.8. The zero-order valence-corrected chi connectivity index (χ0v) is 14.5. The molecular weight excluding hydrogens is 344 g/mol. The number of halogens is 1. The minimum Gasteiger partial charge on any atom is -0.452 e. The quantitative estimate of drug-likeness (QED) is 0.818. The van der Waals surface area contributed by atoms with E-state index >= 15 is 0 Å². The zero-order chi connectivity index (χ0) is 18.4. The molecule has 2 aromatic rings. The highest BCUT2D eigenvalue weighted by molar-refractivity contribution is 6.30. The van der Waals surface area contributed by atoms with Crippen molar-refractivity contribution in [1.29, 1.82) is 0 Å². The number of imide groups is 1. The second-order valence-corrected chi connectivity index (χ2v) is 5.84. The van der Waals surface area contributed by atoms with Gasteiger partial charge in [0.2, 0.25) is 0 Å². The van der Waals surface area contributed by atoms with Gasteiger partial charge < -0.3 is 10.1 Å². The molecule has 0 atom stereocenters. The van der Waals surface area contributed by atoms with Crippen LogP contribution in [0.4, 0.5) is 10.5 Å². The summed E-state index contributed by atoms with van der Waals surface area (Å²) in [6.45, 7) is 3.21. The number of anilines is 1. The number of nitrogens with one attached hydrogen (secondary N) is 2. The molecule has 25 heavy (non-hydrogen) atoms. The number of hydrogen-bond donors (Lipinski definition) is 2. The Morgan fingerprint density at radius 3 is 2.52 bits per heavy atom. The summed E-state index contributed by atoms with van der Waals surface area (Å²) in [7, 11) is 0. The summed E-state index contributed by atoms with van der Waals surface area (Å²) in [5.41, 5.74) is 2.74. The van der Waals surface area contributed by atoms with Gasteiger partial charge in [0.05, 0.1) is 5.56 Å². The van der Waals surface area contributed by atoms with E-state index in [0.717, 1.165) is 11.1 Å². The third-order valence-corrected chi connectivity index (χ3v) is 3.51.